The van der Waals surface area contributed by atoms with Crippen molar-refractivity contribution in [2.45, 2.75) is 0 Å². The first-order chi connectivity index (χ1) is 6.06. The van der Waals surface area contributed by atoms with Gasteiger partial charge < -0.3 is 10.5 Å². The number of ether oxygens (including phenoxy) is 1. The van der Waals surface area contributed by atoms with Gasteiger partial charge in [-0.25, -0.2) is 8.78 Å². The fourth-order valence-electron chi connectivity index (χ4n) is 0.874. The van der Waals surface area contributed by atoms with Crippen molar-refractivity contribution in [3.8, 4) is 5.75 Å². The molecular weight excluding hydrogens is 180 g/mol. The number of hydrogen-bond donors (Lipinski definition) is 1. The minimum Gasteiger partial charge on any atom is -0.494 e. The summed E-state index contributed by atoms with van der Waals surface area (Å²) in [7, 11) is 1.20. The second-order valence-electron chi connectivity index (χ2n) is 2.33. The number of nitrogens with two attached hydrogens (primary N) is 1. The molecule has 0 heterocycles. The van der Waals surface area contributed by atoms with Crippen molar-refractivity contribution in [3.05, 3.63) is 29.3 Å². The number of halogens is 2. The lowest BCUT2D eigenvalue weighted by Gasteiger charge is -2.03. The molecule has 13 heavy (non-hydrogen) atoms. The van der Waals surface area contributed by atoms with Crippen LogP contribution in [0.3, 0.4) is 0 Å². The molecule has 1 aromatic carbocycles. The third kappa shape index (κ3) is 1.74. The highest BCUT2D eigenvalue weighted by molar-refractivity contribution is 5.93. The van der Waals surface area contributed by atoms with Crippen molar-refractivity contribution < 1.29 is 18.3 Å². The van der Waals surface area contributed by atoms with Crippen molar-refractivity contribution in [2.24, 2.45) is 5.73 Å². The highest BCUT2D eigenvalue weighted by Crippen LogP contribution is 2.20. The molecule has 1 rings (SSSR count). The molecule has 1 aromatic rings. The Morgan fingerprint density at radius 3 is 2.46 bits per heavy atom. The van der Waals surface area contributed by atoms with Gasteiger partial charge in [0, 0.05) is 6.07 Å². The van der Waals surface area contributed by atoms with E-state index in [1.165, 1.54) is 7.11 Å². The van der Waals surface area contributed by atoms with Crippen LogP contribution in [0.15, 0.2) is 12.1 Å². The van der Waals surface area contributed by atoms with Gasteiger partial charge in [0.25, 0.3) is 5.91 Å². The van der Waals surface area contributed by atoms with Crippen molar-refractivity contribution in [1.29, 1.82) is 0 Å². The molecule has 0 aliphatic heterocycles. The van der Waals surface area contributed by atoms with E-state index in [2.05, 4.69) is 4.74 Å². The van der Waals surface area contributed by atoms with Crippen LogP contribution in [-0.2, 0) is 0 Å². The Morgan fingerprint density at radius 2 is 2.00 bits per heavy atom. The number of methoxy groups -OCH3 is 1. The summed E-state index contributed by atoms with van der Waals surface area (Å²) < 4.78 is 30.3. The molecule has 0 fully saturated rings. The van der Waals surface area contributed by atoms with Crippen LogP contribution in [0.25, 0.3) is 0 Å². The number of rotatable bonds is 2. The maximum absolute atomic E-state index is 12.9. The highest BCUT2D eigenvalue weighted by Gasteiger charge is 2.13. The standard InChI is InChI=1S/C8H7F2NO2/c1-13-7-3-5(9)4(8(11)12)2-6(7)10/h2-3H,1H3,(H2,11,12). The number of carbonyl (C=O) groups is 1. The zero-order valence-corrected chi connectivity index (χ0v) is 6.80. The predicted molar refractivity (Wildman–Crippen MR) is 41.4 cm³/mol. The molecule has 0 saturated heterocycles. The normalized spacial score (nSPS) is 9.77. The Kier molecular flexibility index (Phi) is 2.46. The first-order valence-corrected chi connectivity index (χ1v) is 3.39. The van der Waals surface area contributed by atoms with Gasteiger partial charge in [-0.1, -0.05) is 0 Å². The molecule has 0 atom stereocenters. The molecule has 5 heteroatoms. The average molecular weight is 187 g/mol. The Bertz CT molecular complexity index is 352. The zero-order valence-electron chi connectivity index (χ0n) is 6.80. The summed E-state index contributed by atoms with van der Waals surface area (Å²) in [6.45, 7) is 0. The van der Waals surface area contributed by atoms with E-state index < -0.39 is 23.1 Å². The largest absolute Gasteiger partial charge is 0.494 e. The molecule has 0 aliphatic rings. The Balaban J connectivity index is 3.28. The van der Waals surface area contributed by atoms with Crippen LogP contribution >= 0.6 is 0 Å². The van der Waals surface area contributed by atoms with Gasteiger partial charge in [0.1, 0.15) is 5.82 Å². The fraction of sp³-hybridized carbons (Fsp3) is 0.125. The molecule has 0 aromatic heterocycles. The lowest BCUT2D eigenvalue weighted by atomic mass is 10.2. The fourth-order valence-corrected chi connectivity index (χ4v) is 0.874. The predicted octanol–water partition coefficient (Wildman–Crippen LogP) is 1.07. The number of hydrogen-bond acceptors (Lipinski definition) is 2. The summed E-state index contributed by atoms with van der Waals surface area (Å²) in [5.41, 5.74) is 4.30. The van der Waals surface area contributed by atoms with Crippen LogP contribution in [0.1, 0.15) is 10.4 Å². The van der Waals surface area contributed by atoms with Crippen LogP contribution < -0.4 is 10.5 Å². The second-order valence-corrected chi connectivity index (χ2v) is 2.33. The Morgan fingerprint density at radius 1 is 1.38 bits per heavy atom. The van der Waals surface area contributed by atoms with Gasteiger partial charge in [-0.3, -0.25) is 4.79 Å². The molecular formula is C8H7F2NO2. The zero-order chi connectivity index (χ0) is 10.0. The van der Waals surface area contributed by atoms with E-state index in [1.807, 2.05) is 0 Å². The van der Waals surface area contributed by atoms with E-state index in [4.69, 9.17) is 5.73 Å². The molecule has 3 nitrogen and oxygen atoms in total. The maximum atomic E-state index is 12.9. The SMILES string of the molecule is COc1cc(F)c(C(N)=O)cc1F. The summed E-state index contributed by atoms with van der Waals surface area (Å²) in [6, 6.07) is 1.48. The van der Waals surface area contributed by atoms with Gasteiger partial charge in [-0.2, -0.15) is 0 Å². The van der Waals surface area contributed by atoms with Gasteiger partial charge in [0.15, 0.2) is 11.6 Å². The molecule has 1 amide bonds. The molecule has 2 N–H and O–H groups in total. The molecule has 0 spiro atoms. The van der Waals surface area contributed by atoms with Crippen LogP contribution in [0.4, 0.5) is 8.78 Å². The number of amides is 1. The molecule has 70 valence electrons. The van der Waals surface area contributed by atoms with E-state index in [0.717, 1.165) is 6.07 Å². The quantitative estimate of drug-likeness (QED) is 0.752. The maximum Gasteiger partial charge on any atom is 0.251 e. The van der Waals surface area contributed by atoms with Gasteiger partial charge in [0.2, 0.25) is 0 Å². The number of primary amides is 1. The van der Waals surface area contributed by atoms with E-state index in [0.29, 0.717) is 6.07 Å². The van der Waals surface area contributed by atoms with Crippen LogP contribution in [0.2, 0.25) is 0 Å². The van der Waals surface area contributed by atoms with E-state index >= 15 is 0 Å². The van der Waals surface area contributed by atoms with E-state index in [1.54, 1.807) is 0 Å². The smallest absolute Gasteiger partial charge is 0.251 e. The van der Waals surface area contributed by atoms with Crippen molar-refractivity contribution in [3.63, 3.8) is 0 Å². The lowest BCUT2D eigenvalue weighted by Crippen LogP contribution is -2.13. The Hall–Kier alpha value is -1.65. The van der Waals surface area contributed by atoms with Crippen molar-refractivity contribution in [1.82, 2.24) is 0 Å². The molecule has 0 unspecified atom stereocenters. The van der Waals surface area contributed by atoms with Gasteiger partial charge in [-0.05, 0) is 6.07 Å². The third-order valence-corrected chi connectivity index (χ3v) is 1.51. The van der Waals surface area contributed by atoms with Crippen LogP contribution in [-0.4, -0.2) is 13.0 Å². The van der Waals surface area contributed by atoms with Gasteiger partial charge >= 0.3 is 0 Å². The van der Waals surface area contributed by atoms with Crippen molar-refractivity contribution in [2.75, 3.05) is 7.11 Å². The minimum absolute atomic E-state index is 0.262. The first-order valence-electron chi connectivity index (χ1n) is 3.39. The minimum atomic E-state index is -1.01. The molecule has 0 bridgehead atoms. The van der Waals surface area contributed by atoms with Crippen LogP contribution in [0, 0.1) is 11.6 Å². The van der Waals surface area contributed by atoms with E-state index in [-0.39, 0.29) is 5.75 Å². The van der Waals surface area contributed by atoms with E-state index in [9.17, 15) is 13.6 Å². The summed E-state index contributed by atoms with van der Waals surface area (Å²) in [5.74, 6) is -3.00. The molecule has 0 saturated carbocycles. The van der Waals surface area contributed by atoms with Crippen molar-refractivity contribution >= 4 is 5.91 Å². The number of carbonyl (C=O) groups excluding carboxylic acids is 1. The summed E-state index contributed by atoms with van der Waals surface area (Å²) in [4.78, 5) is 10.5. The Labute approximate surface area is 73.1 Å². The number of benzene rings is 1. The van der Waals surface area contributed by atoms with Gasteiger partial charge in [0.05, 0.1) is 12.7 Å². The molecule has 0 aliphatic carbocycles. The first kappa shape index (κ1) is 9.44. The average Bonchev–Trinajstić information content (AvgIpc) is 2.07. The lowest BCUT2D eigenvalue weighted by molar-refractivity contribution is 0.0996. The third-order valence-electron chi connectivity index (χ3n) is 1.51. The topological polar surface area (TPSA) is 52.3 Å². The highest BCUT2D eigenvalue weighted by atomic mass is 19.1. The summed E-state index contributed by atoms with van der Waals surface area (Å²) in [6.07, 6.45) is 0. The second kappa shape index (κ2) is 3.38. The monoisotopic (exact) mass is 187 g/mol. The summed E-state index contributed by atoms with van der Waals surface area (Å²) in [5, 5.41) is 0. The van der Waals surface area contributed by atoms with Gasteiger partial charge in [-0.15, -0.1) is 0 Å². The molecule has 0 radical (unpaired) electrons. The van der Waals surface area contributed by atoms with Crippen LogP contribution in [0.5, 0.6) is 5.75 Å². The summed E-state index contributed by atoms with van der Waals surface area (Å²) >= 11 is 0.